The first kappa shape index (κ1) is 10.7. The Morgan fingerprint density at radius 3 is 3.06 bits per heavy atom. The summed E-state index contributed by atoms with van der Waals surface area (Å²) in [7, 11) is 0. The molecule has 3 aromatic rings. The number of hydrogen-bond donors (Lipinski definition) is 2. The smallest absolute Gasteiger partial charge is 0.222 e. The van der Waals surface area contributed by atoms with Crippen LogP contribution < -0.4 is 5.73 Å². The molecule has 0 aliphatic heterocycles. The van der Waals surface area contributed by atoms with Crippen molar-refractivity contribution in [1.82, 2.24) is 29.5 Å². The quantitative estimate of drug-likeness (QED) is 0.720. The molecule has 0 amide bonds. The van der Waals surface area contributed by atoms with E-state index in [9.17, 15) is 0 Å². The third-order valence-corrected chi connectivity index (χ3v) is 2.69. The molecule has 3 rings (SSSR count). The number of aryl methyl sites for hydroxylation is 1. The Kier molecular flexibility index (Phi) is 2.44. The molecule has 0 atom stereocenters. The zero-order valence-corrected chi connectivity index (χ0v) is 9.96. The van der Waals surface area contributed by atoms with Crippen LogP contribution in [0.3, 0.4) is 0 Å². The minimum Gasteiger partial charge on any atom is -0.368 e. The molecule has 92 valence electrons. The monoisotopic (exact) mass is 243 g/mol. The highest BCUT2D eigenvalue weighted by Crippen LogP contribution is 2.23. The summed E-state index contributed by atoms with van der Waals surface area (Å²) in [6.07, 6.45) is 6.29. The van der Waals surface area contributed by atoms with Gasteiger partial charge in [-0.3, -0.25) is 0 Å². The highest BCUT2D eigenvalue weighted by atomic mass is 15.1. The second-order valence-electron chi connectivity index (χ2n) is 3.98. The predicted molar refractivity (Wildman–Crippen MR) is 67.6 cm³/mol. The van der Waals surface area contributed by atoms with Crippen molar-refractivity contribution in [3.8, 4) is 11.5 Å². The van der Waals surface area contributed by atoms with Crippen molar-refractivity contribution in [3.05, 3.63) is 18.7 Å². The van der Waals surface area contributed by atoms with E-state index in [0.29, 0.717) is 11.3 Å². The molecule has 0 fully saturated rings. The summed E-state index contributed by atoms with van der Waals surface area (Å²) in [6, 6.07) is 0. The first-order chi connectivity index (χ1) is 8.79. The molecular formula is C11H13N7. The Morgan fingerprint density at radius 2 is 2.22 bits per heavy atom. The first-order valence-electron chi connectivity index (χ1n) is 5.77. The molecule has 3 heterocycles. The van der Waals surface area contributed by atoms with Crippen molar-refractivity contribution in [2.24, 2.45) is 0 Å². The van der Waals surface area contributed by atoms with Gasteiger partial charge in [0.05, 0.1) is 6.33 Å². The van der Waals surface area contributed by atoms with Gasteiger partial charge in [0, 0.05) is 18.9 Å². The third-order valence-electron chi connectivity index (χ3n) is 2.69. The topological polar surface area (TPSA) is 98.3 Å². The Labute approximate surface area is 103 Å². The summed E-state index contributed by atoms with van der Waals surface area (Å²) in [5.74, 6) is 0.982. The highest BCUT2D eigenvalue weighted by molar-refractivity contribution is 5.85. The molecule has 0 saturated carbocycles. The van der Waals surface area contributed by atoms with Crippen LogP contribution in [0.5, 0.6) is 0 Å². The maximum absolute atomic E-state index is 5.70. The zero-order valence-electron chi connectivity index (χ0n) is 9.96. The Balaban J connectivity index is 2.24. The van der Waals surface area contributed by atoms with Crippen LogP contribution in [0.2, 0.25) is 0 Å². The first-order valence-corrected chi connectivity index (χ1v) is 5.77. The van der Waals surface area contributed by atoms with Crippen LogP contribution in [0.4, 0.5) is 5.95 Å². The Hall–Kier alpha value is -2.44. The van der Waals surface area contributed by atoms with Crippen LogP contribution in [0, 0.1) is 0 Å². The van der Waals surface area contributed by atoms with Gasteiger partial charge in [-0.1, -0.05) is 6.92 Å². The molecule has 0 aliphatic carbocycles. The van der Waals surface area contributed by atoms with Gasteiger partial charge in [-0.15, -0.1) is 0 Å². The minimum atomic E-state index is 0.204. The number of anilines is 1. The van der Waals surface area contributed by atoms with Crippen molar-refractivity contribution in [2.75, 3.05) is 5.73 Å². The largest absolute Gasteiger partial charge is 0.368 e. The van der Waals surface area contributed by atoms with Crippen molar-refractivity contribution in [1.29, 1.82) is 0 Å². The van der Waals surface area contributed by atoms with Crippen molar-refractivity contribution in [2.45, 2.75) is 19.9 Å². The Morgan fingerprint density at radius 1 is 1.33 bits per heavy atom. The highest BCUT2D eigenvalue weighted by Gasteiger charge is 2.14. The van der Waals surface area contributed by atoms with Crippen LogP contribution in [-0.4, -0.2) is 29.5 Å². The van der Waals surface area contributed by atoms with Gasteiger partial charge in [-0.2, -0.15) is 4.98 Å². The molecule has 7 heteroatoms. The predicted octanol–water partition coefficient (Wildman–Crippen LogP) is 1.21. The summed E-state index contributed by atoms with van der Waals surface area (Å²) in [5, 5.41) is 0. The number of nitrogen functional groups attached to an aromatic ring is 1. The summed E-state index contributed by atoms with van der Waals surface area (Å²) in [5.41, 5.74) is 7.71. The van der Waals surface area contributed by atoms with E-state index in [1.165, 1.54) is 0 Å². The van der Waals surface area contributed by atoms with E-state index < -0.39 is 0 Å². The summed E-state index contributed by atoms with van der Waals surface area (Å²) < 4.78 is 2.04. The molecule has 0 aliphatic rings. The lowest BCUT2D eigenvalue weighted by Crippen LogP contribution is -2.03. The number of imidazole rings is 2. The number of rotatable bonds is 3. The van der Waals surface area contributed by atoms with Crippen LogP contribution in [-0.2, 0) is 6.54 Å². The summed E-state index contributed by atoms with van der Waals surface area (Å²) in [4.78, 5) is 19.8. The van der Waals surface area contributed by atoms with Crippen LogP contribution in [0.15, 0.2) is 18.7 Å². The minimum absolute atomic E-state index is 0.204. The number of fused-ring (bicyclic) bond motifs is 1. The molecule has 0 aromatic carbocycles. The summed E-state index contributed by atoms with van der Waals surface area (Å²) >= 11 is 0. The van der Waals surface area contributed by atoms with E-state index in [1.807, 2.05) is 10.8 Å². The van der Waals surface area contributed by atoms with Gasteiger partial charge >= 0.3 is 0 Å². The number of aromatic amines is 1. The second kappa shape index (κ2) is 4.10. The number of aromatic nitrogens is 6. The molecule has 3 aromatic heterocycles. The molecule has 7 nitrogen and oxygen atoms in total. The molecular weight excluding hydrogens is 230 g/mol. The lowest BCUT2D eigenvalue weighted by atomic mass is 10.3. The fourth-order valence-corrected chi connectivity index (χ4v) is 1.96. The molecule has 0 spiro atoms. The average Bonchev–Trinajstić information content (AvgIpc) is 2.96. The number of H-pyrrole nitrogens is 1. The maximum atomic E-state index is 5.70. The fourth-order valence-electron chi connectivity index (χ4n) is 1.96. The zero-order chi connectivity index (χ0) is 12.5. The van der Waals surface area contributed by atoms with Crippen LogP contribution in [0.25, 0.3) is 22.7 Å². The summed E-state index contributed by atoms with van der Waals surface area (Å²) in [6.45, 7) is 3.00. The second-order valence-corrected chi connectivity index (χ2v) is 3.98. The number of hydrogen-bond acceptors (Lipinski definition) is 5. The SMILES string of the molecule is CCCn1ccnc1-c1nc(N)nc2nc[nH]c12. The van der Waals surface area contributed by atoms with Gasteiger partial charge in [-0.25, -0.2) is 15.0 Å². The van der Waals surface area contributed by atoms with Crippen molar-refractivity contribution < 1.29 is 0 Å². The average molecular weight is 243 g/mol. The van der Waals surface area contributed by atoms with Gasteiger partial charge in [0.15, 0.2) is 11.5 Å². The van der Waals surface area contributed by atoms with E-state index >= 15 is 0 Å². The molecule has 3 N–H and O–H groups in total. The van der Waals surface area contributed by atoms with Gasteiger partial charge in [0.1, 0.15) is 11.2 Å². The maximum Gasteiger partial charge on any atom is 0.222 e. The van der Waals surface area contributed by atoms with E-state index in [-0.39, 0.29) is 5.95 Å². The van der Waals surface area contributed by atoms with Crippen LogP contribution >= 0.6 is 0 Å². The number of nitrogens with two attached hydrogens (primary N) is 1. The van der Waals surface area contributed by atoms with Crippen molar-refractivity contribution in [3.63, 3.8) is 0 Å². The third kappa shape index (κ3) is 1.60. The lowest BCUT2D eigenvalue weighted by Gasteiger charge is -2.06. The standard InChI is InChI=1S/C11H13N7/c1-2-4-18-5-3-13-10(18)8-7-9(15-6-14-7)17-11(12)16-8/h3,5-6H,2,4H2,1H3,(H3,12,14,15,16,17). The number of nitrogens with zero attached hydrogens (tertiary/aromatic N) is 5. The van der Waals surface area contributed by atoms with E-state index in [2.05, 4.69) is 31.8 Å². The van der Waals surface area contributed by atoms with E-state index in [0.717, 1.165) is 24.3 Å². The van der Waals surface area contributed by atoms with Crippen molar-refractivity contribution >= 4 is 17.1 Å². The van der Waals surface area contributed by atoms with Gasteiger partial charge < -0.3 is 15.3 Å². The van der Waals surface area contributed by atoms with Gasteiger partial charge in [0.2, 0.25) is 5.95 Å². The van der Waals surface area contributed by atoms with E-state index in [1.54, 1.807) is 12.5 Å². The fraction of sp³-hybridized carbons (Fsp3) is 0.273. The van der Waals surface area contributed by atoms with Gasteiger partial charge in [-0.05, 0) is 6.42 Å². The molecule has 0 unspecified atom stereocenters. The normalized spacial score (nSPS) is 11.2. The molecule has 0 bridgehead atoms. The van der Waals surface area contributed by atoms with Gasteiger partial charge in [0.25, 0.3) is 0 Å². The Bertz CT molecular complexity index is 682. The van der Waals surface area contributed by atoms with E-state index in [4.69, 9.17) is 5.73 Å². The molecule has 0 radical (unpaired) electrons. The molecule has 18 heavy (non-hydrogen) atoms. The number of nitrogens with one attached hydrogen (secondary N) is 1. The lowest BCUT2D eigenvalue weighted by molar-refractivity contribution is 0.684. The van der Waals surface area contributed by atoms with Crippen LogP contribution in [0.1, 0.15) is 13.3 Å². The molecule has 0 saturated heterocycles.